The fourth-order valence-corrected chi connectivity index (χ4v) is 7.47. The molecule has 0 bridgehead atoms. The predicted octanol–water partition coefficient (Wildman–Crippen LogP) is 8.02. The van der Waals surface area contributed by atoms with Crippen LogP contribution in [0, 0.1) is 11.8 Å². The van der Waals surface area contributed by atoms with Gasteiger partial charge in [0, 0.05) is 67.3 Å². The molecule has 0 fully saturated rings. The fraction of sp³-hybridized carbons (Fsp3) is 0.444. The summed E-state index contributed by atoms with van der Waals surface area (Å²) in [6.45, 7) is 18.7. The molecular formula is C45H58N6O6. The quantitative estimate of drug-likeness (QED) is 0.125. The number of pyridine rings is 4. The zero-order valence-corrected chi connectivity index (χ0v) is 35.2. The number of nitrogens with one attached hydrogen (secondary N) is 1. The molecule has 12 nitrogen and oxygen atoms in total. The Morgan fingerprint density at radius 3 is 1.58 bits per heavy atom. The highest BCUT2D eigenvalue weighted by atomic mass is 16.6. The van der Waals surface area contributed by atoms with E-state index in [1.165, 1.54) is 0 Å². The van der Waals surface area contributed by atoms with Crippen LogP contribution in [-0.2, 0) is 18.8 Å². The number of nitrogens with two attached hydrogens (primary N) is 1. The molecule has 4 aromatic heterocycles. The monoisotopic (exact) mass is 778 g/mol. The number of aromatic nitrogens is 4. The van der Waals surface area contributed by atoms with Crippen LogP contribution in [-0.4, -0.2) is 55.1 Å². The van der Waals surface area contributed by atoms with Gasteiger partial charge in [-0.05, 0) is 106 Å². The second kappa shape index (κ2) is 16.9. The summed E-state index contributed by atoms with van der Waals surface area (Å²) in [5.41, 5.74) is 6.19. The van der Waals surface area contributed by atoms with E-state index >= 15 is 0 Å². The van der Waals surface area contributed by atoms with E-state index in [9.17, 15) is 14.4 Å². The molecule has 57 heavy (non-hydrogen) atoms. The minimum Gasteiger partial charge on any atom is -0.492 e. The van der Waals surface area contributed by atoms with E-state index in [4.69, 9.17) is 19.9 Å². The van der Waals surface area contributed by atoms with Crippen LogP contribution in [0.3, 0.4) is 0 Å². The van der Waals surface area contributed by atoms with Gasteiger partial charge in [0.1, 0.15) is 30.3 Å². The molecule has 4 heterocycles. The molecule has 0 radical (unpaired) electrons. The third-order valence-electron chi connectivity index (χ3n) is 9.62. The van der Waals surface area contributed by atoms with E-state index in [1.54, 1.807) is 48.0 Å². The lowest BCUT2D eigenvalue weighted by atomic mass is 9.91. The van der Waals surface area contributed by atoms with Crippen molar-refractivity contribution in [1.82, 2.24) is 24.4 Å². The molecule has 0 aliphatic rings. The van der Waals surface area contributed by atoms with Crippen molar-refractivity contribution in [2.24, 2.45) is 31.7 Å². The van der Waals surface area contributed by atoms with Crippen LogP contribution in [0.1, 0.15) is 75.2 Å². The minimum absolute atomic E-state index is 0.0591. The molecule has 3 N–H and O–H groups in total. The number of ether oxygens (including phenoxy) is 3. The van der Waals surface area contributed by atoms with Crippen molar-refractivity contribution in [1.29, 1.82) is 0 Å². The van der Waals surface area contributed by atoms with Gasteiger partial charge in [0.25, 0.3) is 11.1 Å². The number of hydrogen-bond acceptors (Lipinski definition) is 9. The summed E-state index contributed by atoms with van der Waals surface area (Å²) in [5, 5.41) is 7.92. The molecule has 304 valence electrons. The molecule has 0 spiro atoms. The Morgan fingerprint density at radius 1 is 0.684 bits per heavy atom. The zero-order valence-electron chi connectivity index (χ0n) is 35.2. The Balaban J connectivity index is 0.000000224. The molecular weight excluding hydrogens is 721 g/mol. The van der Waals surface area contributed by atoms with Crippen molar-refractivity contribution in [3.8, 4) is 11.5 Å². The average Bonchev–Trinajstić information content (AvgIpc) is 3.13. The number of fused-ring (bicyclic) bond motifs is 6. The maximum atomic E-state index is 12.7. The number of benzene rings is 2. The van der Waals surface area contributed by atoms with Crippen molar-refractivity contribution < 1.29 is 19.0 Å². The smallest absolute Gasteiger partial charge is 0.408 e. The Bertz CT molecular complexity index is 2520. The molecule has 0 saturated heterocycles. The van der Waals surface area contributed by atoms with Crippen LogP contribution in [0.15, 0.2) is 82.9 Å². The lowest BCUT2D eigenvalue weighted by Crippen LogP contribution is -2.52. The van der Waals surface area contributed by atoms with Gasteiger partial charge in [-0.15, -0.1) is 0 Å². The predicted molar refractivity (Wildman–Crippen MR) is 229 cm³/mol. The maximum Gasteiger partial charge on any atom is 0.408 e. The third-order valence-corrected chi connectivity index (χ3v) is 9.62. The van der Waals surface area contributed by atoms with Crippen LogP contribution in [0.4, 0.5) is 4.79 Å². The maximum absolute atomic E-state index is 12.7. The lowest BCUT2D eigenvalue weighted by molar-refractivity contribution is 0.0408. The number of amides is 1. The fourth-order valence-electron chi connectivity index (χ4n) is 7.47. The molecule has 0 aliphatic heterocycles. The van der Waals surface area contributed by atoms with Gasteiger partial charge >= 0.3 is 6.09 Å². The second-order valence-electron chi connectivity index (χ2n) is 17.5. The normalized spacial score (nSPS) is 14.0. The molecule has 1 amide bonds. The number of hydrogen-bond donors (Lipinski definition) is 2. The van der Waals surface area contributed by atoms with Gasteiger partial charge in [0.2, 0.25) is 0 Å². The molecule has 2 atom stereocenters. The summed E-state index contributed by atoms with van der Waals surface area (Å²) < 4.78 is 20.8. The SMILES string of the molecule is CC(C)CC(C)(COc1ccc2c3ccncc3c(=O)n(C)c2c1)NC(=O)OC(C)(C)C.CC(C)CC(C)(N)COc1ccc2c3ccncc3c(=O)n(C)c2c1. The minimum atomic E-state index is -0.619. The highest BCUT2D eigenvalue weighted by Gasteiger charge is 2.31. The van der Waals surface area contributed by atoms with E-state index in [1.807, 2.05) is 83.1 Å². The van der Waals surface area contributed by atoms with E-state index in [0.29, 0.717) is 35.0 Å². The van der Waals surface area contributed by atoms with Crippen molar-refractivity contribution in [2.45, 2.75) is 91.8 Å². The third kappa shape index (κ3) is 10.5. The van der Waals surface area contributed by atoms with E-state index in [-0.39, 0.29) is 23.3 Å². The summed E-state index contributed by atoms with van der Waals surface area (Å²) in [5.74, 6) is 2.20. The largest absolute Gasteiger partial charge is 0.492 e. The van der Waals surface area contributed by atoms with Gasteiger partial charge in [0.15, 0.2) is 0 Å². The highest BCUT2D eigenvalue weighted by Crippen LogP contribution is 2.29. The van der Waals surface area contributed by atoms with Crippen LogP contribution >= 0.6 is 0 Å². The van der Waals surface area contributed by atoms with Crippen molar-refractivity contribution in [3.05, 3.63) is 94.0 Å². The number of aryl methyl sites for hydroxylation is 2. The topological polar surface area (TPSA) is 153 Å². The van der Waals surface area contributed by atoms with Crippen LogP contribution < -0.4 is 31.6 Å². The summed E-state index contributed by atoms with van der Waals surface area (Å²) in [4.78, 5) is 45.9. The van der Waals surface area contributed by atoms with Crippen LogP contribution in [0.25, 0.3) is 43.4 Å². The molecule has 0 saturated carbocycles. The standard InChI is InChI=1S/C25H33N3O4.C20H25N3O2/c1-16(2)13-25(6,27-23(30)32-24(3,4)5)15-31-17-8-9-19-18-10-11-26-14-20(18)22(29)28(7)21(19)12-17;1-13(2)10-20(3,21)12-25-14-5-6-16-15-7-8-22-11-17(15)19(24)23(4)18(16)9-14/h8-12,14,16H,13,15H2,1-7H3,(H,27,30);5-9,11,13H,10,12,21H2,1-4H3. The van der Waals surface area contributed by atoms with Crippen LogP contribution in [0.2, 0.25) is 0 Å². The number of alkyl carbamates (subject to hydrolysis) is 1. The average molecular weight is 779 g/mol. The summed E-state index contributed by atoms with van der Waals surface area (Å²) in [6, 6.07) is 15.2. The van der Waals surface area contributed by atoms with Gasteiger partial charge in [-0.1, -0.05) is 27.7 Å². The van der Waals surface area contributed by atoms with Crippen LogP contribution in [0.5, 0.6) is 11.5 Å². The Kier molecular flexibility index (Phi) is 12.7. The van der Waals surface area contributed by atoms with Gasteiger partial charge in [-0.25, -0.2) is 4.79 Å². The summed E-state index contributed by atoms with van der Waals surface area (Å²) in [6.07, 6.45) is 7.74. The van der Waals surface area contributed by atoms with Gasteiger partial charge < -0.3 is 34.4 Å². The van der Waals surface area contributed by atoms with Crippen molar-refractivity contribution in [2.75, 3.05) is 13.2 Å². The highest BCUT2D eigenvalue weighted by molar-refractivity contribution is 6.06. The number of rotatable bonds is 11. The molecule has 2 aromatic carbocycles. The second-order valence-corrected chi connectivity index (χ2v) is 17.5. The molecule has 6 aromatic rings. The molecule has 2 unspecified atom stereocenters. The lowest BCUT2D eigenvalue weighted by Gasteiger charge is -2.33. The first kappa shape index (κ1) is 42.6. The van der Waals surface area contributed by atoms with E-state index in [0.717, 1.165) is 51.2 Å². The Morgan fingerprint density at radius 2 is 1.14 bits per heavy atom. The van der Waals surface area contributed by atoms with Gasteiger partial charge in [-0.3, -0.25) is 19.6 Å². The Labute approximate surface area is 334 Å². The van der Waals surface area contributed by atoms with E-state index in [2.05, 4.69) is 43.0 Å². The summed E-state index contributed by atoms with van der Waals surface area (Å²) >= 11 is 0. The first-order valence-corrected chi connectivity index (χ1v) is 19.5. The molecule has 12 heteroatoms. The van der Waals surface area contributed by atoms with Gasteiger partial charge in [-0.2, -0.15) is 0 Å². The first-order valence-electron chi connectivity index (χ1n) is 19.5. The van der Waals surface area contributed by atoms with Crippen molar-refractivity contribution >= 4 is 49.4 Å². The van der Waals surface area contributed by atoms with Crippen molar-refractivity contribution in [3.63, 3.8) is 0 Å². The number of nitrogens with zero attached hydrogens (tertiary/aromatic N) is 4. The zero-order chi connectivity index (χ0) is 41.9. The Hall–Kier alpha value is -5.49. The van der Waals surface area contributed by atoms with Gasteiger partial charge in [0.05, 0.1) is 27.3 Å². The number of carbonyl (C=O) groups excluding carboxylic acids is 1. The molecule has 0 aliphatic carbocycles. The first-order chi connectivity index (χ1) is 26.7. The summed E-state index contributed by atoms with van der Waals surface area (Å²) in [7, 11) is 3.51. The van der Waals surface area contributed by atoms with E-state index < -0.39 is 17.2 Å². The molecule has 6 rings (SSSR count). The number of carbonyl (C=O) groups is 1.